The van der Waals surface area contributed by atoms with Gasteiger partial charge >= 0.3 is 11.6 Å². The van der Waals surface area contributed by atoms with Crippen molar-refractivity contribution in [2.45, 2.75) is 79.1 Å². The van der Waals surface area contributed by atoms with Crippen molar-refractivity contribution in [3.8, 4) is 45.0 Å². The molecule has 0 aliphatic carbocycles. The molecule has 13 aromatic rings. The molecule has 4 aliphatic rings. The second-order valence-electron chi connectivity index (χ2n) is 25.9. The van der Waals surface area contributed by atoms with Crippen LogP contribution in [0.25, 0.3) is 45.0 Å². The molecule has 0 bridgehead atoms. The van der Waals surface area contributed by atoms with Crippen molar-refractivity contribution in [3.05, 3.63) is 240 Å². The smallest absolute Gasteiger partial charge is 0.363 e. The van der Waals surface area contributed by atoms with Gasteiger partial charge in [-0.1, -0.05) is 71.7 Å². The Labute approximate surface area is 618 Å². The lowest BCUT2D eigenvalue weighted by Gasteiger charge is -2.26. The van der Waals surface area contributed by atoms with E-state index in [1.54, 1.807) is 30.6 Å². The van der Waals surface area contributed by atoms with Gasteiger partial charge in [0, 0.05) is 94.4 Å². The van der Waals surface area contributed by atoms with Crippen LogP contribution in [-0.2, 0) is 0 Å². The van der Waals surface area contributed by atoms with E-state index in [0.29, 0.717) is 36.5 Å². The van der Waals surface area contributed by atoms with E-state index in [9.17, 15) is 20.2 Å². The summed E-state index contributed by atoms with van der Waals surface area (Å²) in [5, 5.41) is 60.0. The molecule has 7 N–H and O–H groups in total. The molecule has 0 unspecified atom stereocenters. The van der Waals surface area contributed by atoms with Crippen molar-refractivity contribution in [1.29, 1.82) is 0 Å². The highest BCUT2D eigenvalue weighted by molar-refractivity contribution is 9.10. The molecule has 0 radical (unpaired) electrons. The molecule has 0 saturated carbocycles. The zero-order valence-corrected chi connectivity index (χ0v) is 61.4. The molecule has 530 valence electrons. The van der Waals surface area contributed by atoms with Gasteiger partial charge in [-0.3, -0.25) is 18.3 Å². The molecule has 30 nitrogen and oxygen atoms in total. The fourth-order valence-corrected chi connectivity index (χ4v) is 14.1. The van der Waals surface area contributed by atoms with Gasteiger partial charge in [0.25, 0.3) is 0 Å². The fraction of sp³-hybridized carbons (Fsp3) is 0.219. The zero-order valence-electron chi connectivity index (χ0n) is 58.2. The molecule has 105 heavy (non-hydrogen) atoms. The molecule has 17 rings (SSSR count). The van der Waals surface area contributed by atoms with Gasteiger partial charge in [0.05, 0.1) is 68.8 Å². The van der Waals surface area contributed by atoms with Gasteiger partial charge in [-0.15, -0.1) is 40.8 Å². The van der Waals surface area contributed by atoms with Crippen LogP contribution in [0.15, 0.2) is 173 Å². The first-order valence-electron chi connectivity index (χ1n) is 33.5. The molecule has 0 amide bonds. The van der Waals surface area contributed by atoms with Gasteiger partial charge < -0.3 is 57.4 Å². The standard InChI is InChI=1S/C22H20N8O2.C22H22N8.C17H15BrN6O2.C12H13BrN4/c1-13-12-28(17-5-8-21(25-11-17)30(31)32)19-9-15(16-4-7-20(23)24-10-16)3-6-18(19)29-14(2)26-27-22(13)29;1-13-12-29(17-5-8-21(24)26-11-17)19-9-15(16-4-7-20(23)25-10-16)3-6-18(19)30-14(2)27-28-22(13)30;1-10-9-22(13-4-6-16(19-8-13)24(25)26)15-7-12(18)3-5-14(15)23-11(2)20-21-17(10)23;1-7-6-14-10-5-9(13)3-4-11(10)17-8(2)15-16-12(7)17/h3-11,13H,12H2,1-2H3,(H2,23,24);3-11,13H,12H2,1-2H3,(H2,23,25)(H2,24,26);3-8,10H,9H2,1-2H3;3-5,7,14H,6H2,1-2H3/t2*13-;10-;7-/m1111/s1. The largest absolute Gasteiger partial charge is 0.384 e. The number of nitrogen functional groups attached to an aromatic ring is 3. The highest BCUT2D eigenvalue weighted by Gasteiger charge is 2.33. The third kappa shape index (κ3) is 13.8. The van der Waals surface area contributed by atoms with Gasteiger partial charge in [-0.05, 0) is 168 Å². The molecule has 0 spiro atoms. The normalized spacial score (nSPS) is 15.8. The molecule has 13 heterocycles. The minimum Gasteiger partial charge on any atom is -0.384 e. The summed E-state index contributed by atoms with van der Waals surface area (Å²) in [6, 6.07) is 42.3. The Kier molecular flexibility index (Phi) is 19.1. The van der Waals surface area contributed by atoms with Crippen molar-refractivity contribution in [2.75, 3.05) is 63.4 Å². The summed E-state index contributed by atoms with van der Waals surface area (Å²) < 4.78 is 10.4. The number of nitrogens with zero attached hydrogens (tertiary/aromatic N) is 22. The van der Waals surface area contributed by atoms with Gasteiger partial charge in [-0.2, -0.15) is 0 Å². The number of benzene rings is 4. The predicted octanol–water partition coefficient (Wildman–Crippen LogP) is 14.0. The van der Waals surface area contributed by atoms with E-state index in [-0.39, 0.29) is 29.4 Å². The molecule has 0 saturated heterocycles. The average molecular weight is 1540 g/mol. The van der Waals surface area contributed by atoms with Crippen LogP contribution in [0.3, 0.4) is 0 Å². The van der Waals surface area contributed by atoms with E-state index < -0.39 is 9.85 Å². The van der Waals surface area contributed by atoms with Crippen LogP contribution in [-0.4, -0.2) is 120 Å². The summed E-state index contributed by atoms with van der Waals surface area (Å²) >= 11 is 7.04. The van der Waals surface area contributed by atoms with Crippen molar-refractivity contribution in [3.63, 3.8) is 0 Å². The summed E-state index contributed by atoms with van der Waals surface area (Å²) in [4.78, 5) is 48.2. The third-order valence-corrected chi connectivity index (χ3v) is 19.6. The fourth-order valence-electron chi connectivity index (χ4n) is 13.4. The Morgan fingerprint density at radius 2 is 0.714 bits per heavy atom. The number of rotatable bonds is 7. The van der Waals surface area contributed by atoms with E-state index >= 15 is 0 Å². The molecule has 9 aromatic heterocycles. The lowest BCUT2D eigenvalue weighted by Crippen LogP contribution is -2.22. The molecule has 0 fully saturated rings. The molecule has 32 heteroatoms. The maximum absolute atomic E-state index is 11.1. The van der Waals surface area contributed by atoms with Crippen molar-refractivity contribution >= 4 is 101 Å². The molecular weight excluding hydrogens is 1460 g/mol. The van der Waals surface area contributed by atoms with Crippen LogP contribution < -0.4 is 37.2 Å². The summed E-state index contributed by atoms with van der Waals surface area (Å²) in [5.41, 5.74) is 31.9. The van der Waals surface area contributed by atoms with Gasteiger partial charge in [0.1, 0.15) is 64.0 Å². The van der Waals surface area contributed by atoms with E-state index in [1.165, 1.54) is 24.5 Å². The Morgan fingerprint density at radius 3 is 1.09 bits per heavy atom. The van der Waals surface area contributed by atoms with Crippen molar-refractivity contribution < 1.29 is 9.85 Å². The first kappa shape index (κ1) is 69.6. The van der Waals surface area contributed by atoms with Crippen molar-refractivity contribution in [2.24, 2.45) is 0 Å². The average Bonchev–Trinajstić information content (AvgIpc) is 1.68. The van der Waals surface area contributed by atoms with Gasteiger partial charge in [0.2, 0.25) is 0 Å². The number of halogens is 2. The number of nitrogens with one attached hydrogen (secondary N) is 1. The summed E-state index contributed by atoms with van der Waals surface area (Å²) in [6.07, 6.45) is 8.41. The number of aromatic nitrogens is 17. The first-order chi connectivity index (χ1) is 50.5. The number of aryl methyl sites for hydroxylation is 4. The minimum atomic E-state index is -0.500. The van der Waals surface area contributed by atoms with Crippen LogP contribution in [0.2, 0.25) is 0 Å². The molecule has 4 atom stereocenters. The first-order valence-corrected chi connectivity index (χ1v) is 35.1. The van der Waals surface area contributed by atoms with Crippen LogP contribution >= 0.6 is 31.9 Å². The molecule has 4 aromatic carbocycles. The second kappa shape index (κ2) is 28.8. The maximum Gasteiger partial charge on any atom is 0.363 e. The molecule has 4 aliphatic heterocycles. The number of hydrogen-bond acceptors (Lipinski definition) is 24. The molecular formula is C73H70Br2N26O4. The number of anilines is 10. The second-order valence-corrected chi connectivity index (χ2v) is 27.8. The summed E-state index contributed by atoms with van der Waals surface area (Å²) in [7, 11) is 0. The van der Waals surface area contributed by atoms with Crippen LogP contribution in [0, 0.1) is 47.9 Å². The van der Waals surface area contributed by atoms with Crippen molar-refractivity contribution in [1.82, 2.24) is 84.0 Å². The SMILES string of the molecule is Cc1nnc2n1-c1ccc(-c3ccc(N)nc3)cc1N(c1ccc(N)nc1)C[C@H]2C.Cc1nnc2n1-c1ccc(-c3ccc(N)nc3)cc1N(c1ccc([N+](=O)[O-])nc1)C[C@H]2C.Cc1nnc2n1-c1ccc(Br)cc1N(c1ccc([N+](=O)[O-])nc1)C[C@H]2C.Cc1nnc2n1-c1ccc(Br)cc1NC[C@H]2C. The predicted molar refractivity (Wildman–Crippen MR) is 409 cm³/mol. The lowest BCUT2D eigenvalue weighted by atomic mass is 10.0. The summed E-state index contributed by atoms with van der Waals surface area (Å²) in [5.74, 6) is 8.90. The maximum atomic E-state index is 11.1. The monoisotopic (exact) mass is 1530 g/mol. The number of nitro groups is 2. The quantitative estimate of drug-likeness (QED) is 0.0850. The van der Waals surface area contributed by atoms with Gasteiger partial charge in [0.15, 0.2) is 12.4 Å². The number of hydrogen-bond donors (Lipinski definition) is 4. The minimum absolute atomic E-state index is 0.0560. The topological polar surface area (TPSA) is 373 Å². The van der Waals surface area contributed by atoms with Crippen LogP contribution in [0.1, 0.15) is 98.0 Å². The van der Waals surface area contributed by atoms with E-state index in [4.69, 9.17) is 17.2 Å². The Morgan fingerprint density at radius 1 is 0.381 bits per heavy atom. The Hall–Kier alpha value is -12.5. The Balaban J connectivity index is 0.000000120. The lowest BCUT2D eigenvalue weighted by molar-refractivity contribution is -0.389. The summed E-state index contributed by atoms with van der Waals surface area (Å²) in [6.45, 7) is 19.2. The van der Waals surface area contributed by atoms with Gasteiger partial charge in [-0.25, -0.2) is 15.0 Å². The highest BCUT2D eigenvalue weighted by Crippen LogP contribution is 2.44. The van der Waals surface area contributed by atoms with E-state index in [2.05, 4.69) is 200 Å². The van der Waals surface area contributed by atoms with E-state index in [0.717, 1.165) is 153 Å². The van der Waals surface area contributed by atoms with E-state index in [1.807, 2.05) is 101 Å². The van der Waals surface area contributed by atoms with Crippen LogP contribution in [0.5, 0.6) is 0 Å². The van der Waals surface area contributed by atoms with Crippen LogP contribution in [0.4, 0.5) is 68.9 Å². The number of nitrogens with two attached hydrogens (primary N) is 3. The third-order valence-electron chi connectivity index (χ3n) is 18.6. The highest BCUT2D eigenvalue weighted by atomic mass is 79.9. The zero-order chi connectivity index (χ0) is 73.6. The number of pyridine rings is 5. The number of fused-ring (bicyclic) bond motifs is 12. The Bertz CT molecular complexity index is 5420.